The van der Waals surface area contributed by atoms with E-state index in [0.29, 0.717) is 60.8 Å². The molecule has 0 unspecified atom stereocenters. The van der Waals surface area contributed by atoms with Crippen molar-refractivity contribution >= 4 is 46.4 Å². The Kier molecular flexibility index (Phi) is 15.4. The monoisotopic (exact) mass is 783 g/mol. The largest absolute Gasteiger partial charge is 0.497 e. The van der Waals surface area contributed by atoms with Gasteiger partial charge in [0.15, 0.2) is 0 Å². The second-order valence-corrected chi connectivity index (χ2v) is 17.7. The molecule has 14 heteroatoms. The van der Waals surface area contributed by atoms with Gasteiger partial charge in [-0.3, -0.25) is 24.2 Å². The summed E-state index contributed by atoms with van der Waals surface area (Å²) in [5, 5.41) is 20.3. The van der Waals surface area contributed by atoms with Gasteiger partial charge in [0.25, 0.3) is 0 Å². The van der Waals surface area contributed by atoms with Crippen LogP contribution in [0.25, 0.3) is 0 Å². The lowest BCUT2D eigenvalue weighted by Gasteiger charge is -2.35. The third-order valence-electron chi connectivity index (χ3n) is 10.6. The lowest BCUT2D eigenvalue weighted by Crippen LogP contribution is -2.58. The normalized spacial score (nSPS) is 30.0. The first-order chi connectivity index (χ1) is 25.9. The summed E-state index contributed by atoms with van der Waals surface area (Å²) < 4.78 is 11.5. The molecule has 1 saturated heterocycles. The number of fused-ring (bicyclic) bond motifs is 2. The molecular formula is C41H61N5O8S. The fraction of sp³-hybridized carbons (Fsp3) is 0.659. The molecule has 13 nitrogen and oxygen atoms in total. The maximum atomic E-state index is 14.1. The molecule has 8 atom stereocenters. The number of carbonyl (C=O) groups is 5. The van der Waals surface area contributed by atoms with Crippen molar-refractivity contribution in [2.45, 2.75) is 136 Å². The van der Waals surface area contributed by atoms with Crippen molar-refractivity contribution in [1.82, 2.24) is 20.9 Å². The fourth-order valence-electron chi connectivity index (χ4n) is 7.06. The van der Waals surface area contributed by atoms with E-state index in [4.69, 9.17) is 14.5 Å². The van der Waals surface area contributed by atoms with Crippen molar-refractivity contribution < 1.29 is 38.6 Å². The molecule has 4 rings (SSSR count). The number of carbonyl (C=O) groups excluding carboxylic acids is 5. The van der Waals surface area contributed by atoms with Gasteiger partial charge in [-0.05, 0) is 74.0 Å². The molecule has 3 heterocycles. The summed E-state index contributed by atoms with van der Waals surface area (Å²) in [6.45, 7) is 17.6. The standard InChI is InChI=1S/C41H61N5O8S/c1-23(2)35-39(51)46-18-10-11-31(46)40(52)54-33(41(6,7)8)20-24(3)19-32(47)25(4)38-43-28(22-55-38)14-17-34(48)44-30(37(50)42-26(5)36(49)45-35)21-27-12-15-29(53-9)16-13-27/h12-13,15-16,23-24,26,28,30-33,35,47H,4,10-11,14,17-22H2,1-3,5-9H3,(H,42,50)(H,44,48)(H,45,49)/t24-,26-,28-,30-,31-,32-,33-,35-/m0/s1. The Morgan fingerprint density at radius 3 is 2.35 bits per heavy atom. The number of benzene rings is 1. The van der Waals surface area contributed by atoms with E-state index < -0.39 is 65.5 Å². The Morgan fingerprint density at radius 1 is 1.02 bits per heavy atom. The predicted octanol–water partition coefficient (Wildman–Crippen LogP) is 3.96. The number of rotatable bonds is 4. The number of nitrogens with one attached hydrogen (secondary N) is 3. The molecule has 4 amide bonds. The zero-order valence-corrected chi connectivity index (χ0v) is 34.5. The van der Waals surface area contributed by atoms with Crippen LogP contribution in [0.1, 0.15) is 92.6 Å². The maximum Gasteiger partial charge on any atom is 0.329 e. The van der Waals surface area contributed by atoms with E-state index in [0.717, 1.165) is 5.56 Å². The summed E-state index contributed by atoms with van der Waals surface area (Å²) in [6.07, 6.45) is 1.26. The molecule has 1 aromatic rings. The molecule has 2 bridgehead atoms. The zero-order chi connectivity index (χ0) is 40.6. The third kappa shape index (κ3) is 12.0. The van der Waals surface area contributed by atoms with Crippen molar-refractivity contribution in [3.05, 3.63) is 42.0 Å². The molecule has 1 aromatic carbocycles. The second-order valence-electron chi connectivity index (χ2n) is 16.7. The van der Waals surface area contributed by atoms with E-state index in [-0.39, 0.29) is 36.6 Å². The van der Waals surface area contributed by atoms with Gasteiger partial charge >= 0.3 is 5.97 Å². The number of aliphatic hydroxyl groups is 1. The van der Waals surface area contributed by atoms with E-state index in [1.807, 2.05) is 41.5 Å². The predicted molar refractivity (Wildman–Crippen MR) is 214 cm³/mol. The number of nitrogens with zero attached hydrogens (tertiary/aromatic N) is 2. The SMILES string of the molecule is C=C1C2=N[C@@H](CCC(=O)N[C@@H](Cc3ccc(OC)cc3)C(=O)N[C@@H](C)C(=O)N[C@@H](C(C)C)C(=O)N3CCC[C@H]3C(=O)O[C@H](C(C)(C)C)C[C@@H](C)C[C@@H]1O)CS2. The summed E-state index contributed by atoms with van der Waals surface area (Å²) in [4.78, 5) is 74.8. The smallest absolute Gasteiger partial charge is 0.329 e. The Balaban J connectivity index is 1.62. The van der Waals surface area contributed by atoms with Crippen LogP contribution >= 0.6 is 11.8 Å². The van der Waals surface area contributed by atoms with Crippen molar-refractivity contribution in [2.75, 3.05) is 19.4 Å². The first-order valence-electron chi connectivity index (χ1n) is 19.5. The molecule has 0 aromatic heterocycles. The van der Waals surface area contributed by atoms with Crippen LogP contribution in [0.15, 0.2) is 41.4 Å². The van der Waals surface area contributed by atoms with Crippen LogP contribution in [-0.2, 0) is 35.1 Å². The van der Waals surface area contributed by atoms with Gasteiger partial charge in [0.05, 0.1) is 24.3 Å². The number of amides is 4. The average Bonchev–Trinajstić information content (AvgIpc) is 3.82. The molecule has 0 radical (unpaired) electrons. The molecule has 0 spiro atoms. The Bertz CT molecular complexity index is 1590. The van der Waals surface area contributed by atoms with E-state index in [9.17, 15) is 29.1 Å². The van der Waals surface area contributed by atoms with Crippen LogP contribution in [-0.4, -0.2) is 106 Å². The first-order valence-corrected chi connectivity index (χ1v) is 20.5. The van der Waals surface area contributed by atoms with E-state index in [1.165, 1.54) is 23.6 Å². The van der Waals surface area contributed by atoms with Crippen LogP contribution in [0.5, 0.6) is 5.75 Å². The highest BCUT2D eigenvalue weighted by atomic mass is 32.2. The zero-order valence-electron chi connectivity index (χ0n) is 33.7. The minimum atomic E-state index is -1.05. The fourth-order valence-corrected chi connectivity index (χ4v) is 8.20. The van der Waals surface area contributed by atoms with Crippen molar-refractivity contribution in [3.8, 4) is 5.75 Å². The number of hydrogen-bond donors (Lipinski definition) is 4. The molecule has 0 saturated carbocycles. The molecule has 0 aliphatic carbocycles. The Morgan fingerprint density at radius 2 is 1.71 bits per heavy atom. The van der Waals surface area contributed by atoms with Crippen LogP contribution < -0.4 is 20.7 Å². The van der Waals surface area contributed by atoms with Crippen molar-refractivity contribution in [3.63, 3.8) is 0 Å². The molecule has 304 valence electrons. The van der Waals surface area contributed by atoms with Gasteiger partial charge in [0.1, 0.15) is 36.0 Å². The molecule has 55 heavy (non-hydrogen) atoms. The van der Waals surface area contributed by atoms with Crippen molar-refractivity contribution in [2.24, 2.45) is 22.2 Å². The summed E-state index contributed by atoms with van der Waals surface area (Å²) in [6, 6.07) is 3.15. The summed E-state index contributed by atoms with van der Waals surface area (Å²) in [5.41, 5.74) is 0.872. The van der Waals surface area contributed by atoms with Crippen LogP contribution in [0, 0.1) is 17.3 Å². The molecule has 3 aliphatic rings. The minimum Gasteiger partial charge on any atom is -0.497 e. The van der Waals surface area contributed by atoms with Gasteiger partial charge in [-0.2, -0.15) is 0 Å². The van der Waals surface area contributed by atoms with Gasteiger partial charge in [-0.25, -0.2) is 4.79 Å². The topological polar surface area (TPSA) is 176 Å². The Hall–Kier alpha value is -3.91. The van der Waals surface area contributed by atoms with Gasteiger partial charge in [-0.1, -0.05) is 60.3 Å². The van der Waals surface area contributed by atoms with Gasteiger partial charge < -0.3 is 35.4 Å². The van der Waals surface area contributed by atoms with Crippen LogP contribution in [0.3, 0.4) is 0 Å². The number of aliphatic imine (C=N–C) groups is 1. The maximum absolute atomic E-state index is 14.1. The highest BCUT2D eigenvalue weighted by Crippen LogP contribution is 2.33. The molecule has 1 fully saturated rings. The van der Waals surface area contributed by atoms with Crippen molar-refractivity contribution in [1.29, 1.82) is 0 Å². The number of aliphatic hydroxyl groups excluding tert-OH is 1. The third-order valence-corrected chi connectivity index (χ3v) is 11.8. The minimum absolute atomic E-state index is 0.0456. The van der Waals surface area contributed by atoms with E-state index in [1.54, 1.807) is 31.4 Å². The van der Waals surface area contributed by atoms with Gasteiger partial charge in [-0.15, -0.1) is 11.8 Å². The number of hydrogen-bond acceptors (Lipinski definition) is 10. The van der Waals surface area contributed by atoms with Crippen LogP contribution in [0.4, 0.5) is 0 Å². The van der Waals surface area contributed by atoms with Crippen LogP contribution in [0.2, 0.25) is 0 Å². The highest BCUT2D eigenvalue weighted by molar-refractivity contribution is 8.14. The lowest BCUT2D eigenvalue weighted by atomic mass is 9.82. The van der Waals surface area contributed by atoms with E-state index >= 15 is 0 Å². The van der Waals surface area contributed by atoms with E-state index in [2.05, 4.69) is 22.5 Å². The highest BCUT2D eigenvalue weighted by Gasteiger charge is 2.42. The number of cyclic esters (lactones) is 1. The number of esters is 1. The molecular weight excluding hydrogens is 723 g/mol. The molecule has 4 N–H and O–H groups in total. The molecule has 3 aliphatic heterocycles. The number of thioether (sulfide) groups is 1. The summed E-state index contributed by atoms with van der Waals surface area (Å²) >= 11 is 1.49. The lowest BCUT2D eigenvalue weighted by molar-refractivity contribution is -0.164. The average molecular weight is 784 g/mol. The Labute approximate surface area is 330 Å². The van der Waals surface area contributed by atoms with Gasteiger partial charge in [0, 0.05) is 30.7 Å². The first kappa shape index (κ1) is 43.8. The number of methoxy groups -OCH3 is 1. The quantitative estimate of drug-likeness (QED) is 0.330. The summed E-state index contributed by atoms with van der Waals surface area (Å²) in [5.74, 6) is -1.45. The summed E-state index contributed by atoms with van der Waals surface area (Å²) in [7, 11) is 1.56. The van der Waals surface area contributed by atoms with Gasteiger partial charge in [0.2, 0.25) is 23.6 Å². The number of ether oxygens (including phenoxy) is 2. The second kappa shape index (κ2) is 19.3.